The standard InChI is InChI=1S/C82H44N8O2S6/c1-41-13-23-49(24-14-41)81(50-25-15-42(2)16-26-50)61-35-63(57-31-21-45(69-71(57)89-97-87-69)33-59-65(47(37-83)38-84)53-9-5-7-11-55(53)73(59)91)93-75(61)77-67(81)79-80(95-77)68-78(96-79)76-62(82(68,51-27-17-43(3)18-28-51)52-29-19-44(4)20-30-52)36-64(94-76)58-32-22-46(70-72(58)90-98-88-70)34-60-66(48(39-85)40-86)54-10-6-8-12-56(54)74(60)92/h5-36H,1-4H3/b59-33-,60-34-. The molecule has 8 aromatic carbocycles. The largest absolute Gasteiger partial charge is 0.289 e. The van der Waals surface area contributed by atoms with Gasteiger partial charge in [-0.2, -0.15) is 38.5 Å². The third-order valence-electron chi connectivity index (χ3n) is 19.8. The maximum atomic E-state index is 14.2. The highest BCUT2D eigenvalue weighted by molar-refractivity contribution is 7.35. The van der Waals surface area contributed by atoms with Crippen LogP contribution in [-0.4, -0.2) is 29.1 Å². The molecule has 0 bridgehead atoms. The zero-order valence-corrected chi connectivity index (χ0v) is 57.2. The molecule has 460 valence electrons. The van der Waals surface area contributed by atoms with Crippen molar-refractivity contribution in [1.82, 2.24) is 17.5 Å². The van der Waals surface area contributed by atoms with Gasteiger partial charge >= 0.3 is 0 Å². The van der Waals surface area contributed by atoms with Crippen LogP contribution in [0.2, 0.25) is 0 Å². The summed E-state index contributed by atoms with van der Waals surface area (Å²) in [5.74, 6) is -0.514. The monoisotopic (exact) mass is 1360 g/mol. The van der Waals surface area contributed by atoms with E-state index in [-0.39, 0.29) is 33.9 Å². The molecule has 0 atom stereocenters. The maximum Gasteiger partial charge on any atom is 0.194 e. The Labute approximate surface area is 586 Å². The molecule has 0 aliphatic heterocycles. The van der Waals surface area contributed by atoms with Crippen LogP contribution in [0.3, 0.4) is 0 Å². The number of fused-ring (bicyclic) bond motifs is 13. The van der Waals surface area contributed by atoms with Crippen LogP contribution in [0.5, 0.6) is 0 Å². The van der Waals surface area contributed by atoms with Crippen LogP contribution in [0.25, 0.3) is 95.2 Å². The summed E-state index contributed by atoms with van der Waals surface area (Å²) >= 11 is 9.54. The van der Waals surface area contributed by atoms with Gasteiger partial charge in [-0.1, -0.05) is 192 Å². The Morgan fingerprint density at radius 3 is 1.04 bits per heavy atom. The number of carbonyl (C=O) groups excluding carboxylic acids is 2. The minimum absolute atomic E-state index is 0.128. The van der Waals surface area contributed by atoms with Crippen molar-refractivity contribution in [1.29, 1.82) is 21.0 Å². The number of nitrogens with zero attached hydrogens (tertiary/aromatic N) is 8. The number of benzene rings is 8. The zero-order chi connectivity index (χ0) is 66.6. The second-order valence-electron chi connectivity index (χ2n) is 25.1. The molecule has 6 heterocycles. The molecule has 18 rings (SSSR count). The van der Waals surface area contributed by atoms with E-state index in [1.165, 1.54) is 51.2 Å². The molecule has 0 N–H and O–H groups in total. The van der Waals surface area contributed by atoms with Crippen molar-refractivity contribution >= 4 is 135 Å². The smallest absolute Gasteiger partial charge is 0.194 e. The van der Waals surface area contributed by atoms with Crippen LogP contribution >= 0.6 is 68.8 Å². The molecule has 0 fully saturated rings. The Balaban J connectivity index is 0.863. The molecule has 10 nitrogen and oxygen atoms in total. The zero-order valence-electron chi connectivity index (χ0n) is 52.3. The van der Waals surface area contributed by atoms with Crippen molar-refractivity contribution in [2.24, 2.45) is 0 Å². The lowest BCUT2D eigenvalue weighted by Crippen LogP contribution is -2.28. The highest BCUT2D eigenvalue weighted by Crippen LogP contribution is 2.71. The van der Waals surface area contributed by atoms with Gasteiger partial charge in [-0.25, -0.2) is 0 Å². The van der Waals surface area contributed by atoms with Crippen molar-refractivity contribution < 1.29 is 9.59 Å². The number of aryl methyl sites for hydroxylation is 4. The highest BCUT2D eigenvalue weighted by atomic mass is 32.1. The van der Waals surface area contributed by atoms with Crippen LogP contribution in [0.15, 0.2) is 204 Å². The topological polar surface area (TPSA) is 181 Å². The summed E-state index contributed by atoms with van der Waals surface area (Å²) in [6.07, 6.45) is 3.53. The second kappa shape index (κ2) is 22.1. The van der Waals surface area contributed by atoms with E-state index in [1.807, 2.05) is 71.2 Å². The molecule has 0 radical (unpaired) electrons. The molecule has 14 aromatic rings. The Bertz CT molecular complexity index is 5740. The molecule has 4 aliphatic carbocycles. The average Bonchev–Trinajstić information content (AvgIpc) is 1.48. The van der Waals surface area contributed by atoms with Gasteiger partial charge in [-0.05, 0) is 96.5 Å². The van der Waals surface area contributed by atoms with Gasteiger partial charge in [0.1, 0.15) is 57.5 Å². The SMILES string of the molecule is Cc1ccc(C2(c3ccc(C)cc3)c3cc(-c4ccc(/C=C5\C(=O)c6ccccc6C5=C(C#N)C#N)c5nsnc45)sc3-c3sc4c5c(sc4c32)-c2sc(-c3ccc(/C=C4\C(=O)c6ccccc6C4=C(C#N)C#N)c4nsnc34)cc2C5(c2ccc(C)cc2)c2ccc(C)cc2)cc1. The molecule has 0 saturated heterocycles. The van der Waals surface area contributed by atoms with Crippen molar-refractivity contribution in [2.45, 2.75) is 38.5 Å². The summed E-state index contributed by atoms with van der Waals surface area (Å²) < 4.78 is 22.2. The molecule has 4 aliphatic rings. The number of rotatable bonds is 8. The minimum Gasteiger partial charge on any atom is -0.289 e. The number of nitriles is 4. The lowest BCUT2D eigenvalue weighted by Gasteiger charge is -2.34. The second-order valence-corrected chi connectivity index (χ2v) is 30.3. The predicted molar refractivity (Wildman–Crippen MR) is 396 cm³/mol. The number of hydrogen-bond donors (Lipinski definition) is 0. The van der Waals surface area contributed by atoms with Gasteiger partial charge in [0, 0.05) is 76.6 Å². The van der Waals surface area contributed by atoms with Crippen LogP contribution < -0.4 is 0 Å². The van der Waals surface area contributed by atoms with Crippen molar-refractivity contribution in [2.75, 3.05) is 0 Å². The molecule has 16 heteroatoms. The first-order valence-corrected chi connectivity index (χ1v) is 36.1. The third kappa shape index (κ3) is 8.22. The number of thiophene rings is 4. The van der Waals surface area contributed by atoms with Crippen LogP contribution in [0, 0.1) is 73.0 Å². The summed E-state index contributed by atoms with van der Waals surface area (Å²) in [7, 11) is 0. The fourth-order valence-electron chi connectivity index (χ4n) is 15.3. The number of carbonyl (C=O) groups is 2. The minimum atomic E-state index is -0.797. The van der Waals surface area contributed by atoms with Gasteiger partial charge < -0.3 is 0 Å². The van der Waals surface area contributed by atoms with E-state index >= 15 is 0 Å². The maximum absolute atomic E-state index is 14.2. The van der Waals surface area contributed by atoms with E-state index in [1.54, 1.807) is 71.2 Å². The quantitative estimate of drug-likeness (QED) is 0.105. The lowest BCUT2D eigenvalue weighted by molar-refractivity contribution is 0.103. The molecule has 98 heavy (non-hydrogen) atoms. The van der Waals surface area contributed by atoms with Gasteiger partial charge in [0.2, 0.25) is 0 Å². The third-order valence-corrected chi connectivity index (χ3v) is 26.0. The number of ketones is 2. The van der Waals surface area contributed by atoms with E-state index in [2.05, 4.69) is 149 Å². The normalized spacial score (nSPS) is 15.1. The van der Waals surface area contributed by atoms with Crippen LogP contribution in [0.4, 0.5) is 0 Å². The van der Waals surface area contributed by atoms with E-state index in [9.17, 15) is 30.6 Å². The summed E-state index contributed by atoms with van der Waals surface area (Å²) in [4.78, 5) is 35.3. The Morgan fingerprint density at radius 1 is 0.378 bits per heavy atom. The first kappa shape index (κ1) is 59.2. The predicted octanol–water partition coefficient (Wildman–Crippen LogP) is 20.6. The summed E-state index contributed by atoms with van der Waals surface area (Å²) in [5, 5.41) is 40.7. The lowest BCUT2D eigenvalue weighted by atomic mass is 9.67. The molecule has 0 unspecified atom stereocenters. The van der Waals surface area contributed by atoms with Crippen molar-refractivity contribution in [3.8, 4) is 64.7 Å². The fraction of sp³-hybridized carbons (Fsp3) is 0.0732. The van der Waals surface area contributed by atoms with E-state index in [0.717, 1.165) is 88.8 Å². The summed E-state index contributed by atoms with van der Waals surface area (Å²) in [5.41, 5.74) is 21.2. The summed E-state index contributed by atoms with van der Waals surface area (Å²) in [6, 6.07) is 71.6. The van der Waals surface area contributed by atoms with Crippen LogP contribution in [-0.2, 0) is 10.8 Å². The highest BCUT2D eigenvalue weighted by Gasteiger charge is 2.55. The summed E-state index contributed by atoms with van der Waals surface area (Å²) in [6.45, 7) is 8.55. The number of allylic oxidation sites excluding steroid dienone is 6. The van der Waals surface area contributed by atoms with Crippen LogP contribution in [0.1, 0.15) is 110 Å². The molecular formula is C82H44N8O2S6. The van der Waals surface area contributed by atoms with Gasteiger partial charge in [-0.15, -0.1) is 45.3 Å². The van der Waals surface area contributed by atoms with Crippen molar-refractivity contribution in [3.63, 3.8) is 0 Å². The van der Waals surface area contributed by atoms with Gasteiger partial charge in [-0.3, -0.25) is 9.59 Å². The van der Waals surface area contributed by atoms with E-state index in [0.29, 0.717) is 66.6 Å². The number of aromatic nitrogens is 4. The average molecular weight is 1370 g/mol. The molecule has 0 amide bonds. The van der Waals surface area contributed by atoms with Crippen molar-refractivity contribution in [3.05, 3.63) is 304 Å². The Morgan fingerprint density at radius 2 is 0.704 bits per heavy atom. The fourth-order valence-corrected chi connectivity index (χ4v) is 22.3. The number of hydrogen-bond acceptors (Lipinski definition) is 16. The molecule has 0 saturated carbocycles. The first-order valence-electron chi connectivity index (χ1n) is 31.4. The molecular weight excluding hydrogens is 1320 g/mol. The Kier molecular flexibility index (Phi) is 13.4. The van der Waals surface area contributed by atoms with E-state index < -0.39 is 10.8 Å². The molecule has 6 aromatic heterocycles. The first-order chi connectivity index (χ1) is 47.9. The molecule has 0 spiro atoms. The van der Waals surface area contributed by atoms with Gasteiger partial charge in [0.05, 0.1) is 63.2 Å². The number of Topliss-reactive ketones (excluding diaryl/α,β-unsaturated/α-hetero) is 2. The Hall–Kier alpha value is -11.3. The van der Waals surface area contributed by atoms with Gasteiger partial charge in [0.25, 0.3) is 0 Å². The van der Waals surface area contributed by atoms with E-state index in [4.69, 9.17) is 17.5 Å². The van der Waals surface area contributed by atoms with Gasteiger partial charge in [0.15, 0.2) is 11.6 Å².